The van der Waals surface area contributed by atoms with Crippen LogP contribution in [0.5, 0.6) is 5.75 Å². The number of rotatable bonds is 6. The summed E-state index contributed by atoms with van der Waals surface area (Å²) in [5.41, 5.74) is 8.82. The molecule has 108 valence electrons. The van der Waals surface area contributed by atoms with Crippen molar-refractivity contribution >= 4 is 11.4 Å². The van der Waals surface area contributed by atoms with E-state index in [0.717, 1.165) is 30.1 Å². The van der Waals surface area contributed by atoms with Crippen LogP contribution in [0.2, 0.25) is 0 Å². The maximum Gasteiger partial charge on any atom is 0.144 e. The number of benzene rings is 1. The van der Waals surface area contributed by atoms with Gasteiger partial charge in [0.2, 0.25) is 0 Å². The molecule has 0 bridgehead atoms. The van der Waals surface area contributed by atoms with Crippen LogP contribution < -0.4 is 15.8 Å². The van der Waals surface area contributed by atoms with Gasteiger partial charge >= 0.3 is 0 Å². The van der Waals surface area contributed by atoms with Gasteiger partial charge in [-0.2, -0.15) is 5.10 Å². The third-order valence-corrected chi connectivity index (χ3v) is 2.85. The van der Waals surface area contributed by atoms with Crippen LogP contribution in [0.1, 0.15) is 19.4 Å². The summed E-state index contributed by atoms with van der Waals surface area (Å²) < 4.78 is 7.58. The number of nitrogens with two attached hydrogens (primary N) is 1. The van der Waals surface area contributed by atoms with Crippen LogP contribution in [0.4, 0.5) is 11.4 Å². The highest BCUT2D eigenvalue weighted by molar-refractivity contribution is 5.72. The first-order valence-corrected chi connectivity index (χ1v) is 6.84. The Bertz CT molecular complexity index is 563. The quantitative estimate of drug-likeness (QED) is 0.795. The van der Waals surface area contributed by atoms with Crippen LogP contribution in [0.3, 0.4) is 0 Å². The molecule has 1 heterocycles. The molecule has 3 N–H and O–H groups in total. The van der Waals surface area contributed by atoms with Crippen LogP contribution in [-0.4, -0.2) is 22.4 Å². The molecule has 0 saturated heterocycles. The summed E-state index contributed by atoms with van der Waals surface area (Å²) in [4.78, 5) is 0. The molecule has 1 aromatic heterocycles. The van der Waals surface area contributed by atoms with Gasteiger partial charge in [0, 0.05) is 12.7 Å². The Balaban J connectivity index is 1.95. The number of anilines is 2. The topological polar surface area (TPSA) is 65.1 Å². The SMILES string of the molecule is Cc1cnn(CCNc2cccc(OC(C)C)c2N)c1. The number of nitrogen functional groups attached to an aromatic ring is 1. The van der Waals surface area contributed by atoms with Gasteiger partial charge in [-0.15, -0.1) is 0 Å². The second kappa shape index (κ2) is 6.32. The van der Waals surface area contributed by atoms with E-state index in [4.69, 9.17) is 10.5 Å². The van der Waals surface area contributed by atoms with E-state index in [-0.39, 0.29) is 6.10 Å². The fourth-order valence-electron chi connectivity index (χ4n) is 1.95. The van der Waals surface area contributed by atoms with Gasteiger partial charge in [0.05, 0.1) is 30.2 Å². The normalized spacial score (nSPS) is 10.8. The minimum atomic E-state index is 0.111. The van der Waals surface area contributed by atoms with Gasteiger partial charge in [0.25, 0.3) is 0 Å². The summed E-state index contributed by atoms with van der Waals surface area (Å²) in [6.07, 6.45) is 3.98. The van der Waals surface area contributed by atoms with Crippen LogP contribution in [0, 0.1) is 6.92 Å². The largest absolute Gasteiger partial charge is 0.489 e. The number of hydrogen-bond donors (Lipinski definition) is 2. The number of nitrogens with one attached hydrogen (secondary N) is 1. The lowest BCUT2D eigenvalue weighted by Gasteiger charge is -2.15. The number of ether oxygens (including phenoxy) is 1. The molecular formula is C15H22N4O. The molecule has 2 aromatic rings. The number of nitrogens with zero attached hydrogens (tertiary/aromatic N) is 2. The molecule has 20 heavy (non-hydrogen) atoms. The Kier molecular flexibility index (Phi) is 4.50. The molecule has 0 aliphatic rings. The molecule has 0 fully saturated rings. The summed E-state index contributed by atoms with van der Waals surface area (Å²) in [7, 11) is 0. The van der Waals surface area contributed by atoms with E-state index in [0.29, 0.717) is 5.69 Å². The van der Waals surface area contributed by atoms with Gasteiger partial charge in [-0.05, 0) is 38.5 Å². The lowest BCUT2D eigenvalue weighted by atomic mass is 10.2. The minimum absolute atomic E-state index is 0.111. The molecule has 2 rings (SSSR count). The Morgan fingerprint density at radius 2 is 2.20 bits per heavy atom. The Morgan fingerprint density at radius 1 is 1.40 bits per heavy atom. The van der Waals surface area contributed by atoms with E-state index >= 15 is 0 Å². The first-order chi connectivity index (χ1) is 9.56. The zero-order valence-electron chi connectivity index (χ0n) is 12.3. The first kappa shape index (κ1) is 14.2. The molecule has 5 heteroatoms. The van der Waals surface area contributed by atoms with Crippen LogP contribution in [0.25, 0.3) is 0 Å². The van der Waals surface area contributed by atoms with Crippen molar-refractivity contribution in [3.8, 4) is 5.75 Å². The molecule has 0 amide bonds. The number of aromatic nitrogens is 2. The molecule has 0 aliphatic heterocycles. The summed E-state index contributed by atoms with van der Waals surface area (Å²) in [6, 6.07) is 5.78. The lowest BCUT2D eigenvalue weighted by molar-refractivity contribution is 0.244. The molecule has 0 atom stereocenters. The monoisotopic (exact) mass is 274 g/mol. The summed E-state index contributed by atoms with van der Waals surface area (Å²) in [6.45, 7) is 7.56. The molecule has 0 unspecified atom stereocenters. The Hall–Kier alpha value is -2.17. The van der Waals surface area contributed by atoms with Crippen molar-refractivity contribution in [2.24, 2.45) is 0 Å². The maximum absolute atomic E-state index is 6.11. The van der Waals surface area contributed by atoms with E-state index in [9.17, 15) is 0 Å². The molecule has 5 nitrogen and oxygen atoms in total. The number of para-hydroxylation sites is 1. The second-order valence-electron chi connectivity index (χ2n) is 5.09. The highest BCUT2D eigenvalue weighted by Gasteiger charge is 2.07. The lowest BCUT2D eigenvalue weighted by Crippen LogP contribution is -2.13. The molecule has 1 aromatic carbocycles. The minimum Gasteiger partial charge on any atom is -0.489 e. The molecule has 0 aliphatic carbocycles. The molecule has 0 radical (unpaired) electrons. The number of aryl methyl sites for hydroxylation is 1. The number of hydrogen-bond acceptors (Lipinski definition) is 4. The van der Waals surface area contributed by atoms with E-state index in [1.165, 1.54) is 0 Å². The average Bonchev–Trinajstić information content (AvgIpc) is 2.79. The molecular weight excluding hydrogens is 252 g/mol. The van der Waals surface area contributed by atoms with Gasteiger partial charge in [0.1, 0.15) is 5.75 Å². The highest BCUT2D eigenvalue weighted by Crippen LogP contribution is 2.29. The standard InChI is InChI=1S/C15H22N4O/c1-11(2)20-14-6-4-5-13(15(14)16)17-7-8-19-10-12(3)9-18-19/h4-6,9-11,17H,7-8,16H2,1-3H3. The fourth-order valence-corrected chi connectivity index (χ4v) is 1.95. The van der Waals surface area contributed by atoms with E-state index in [1.807, 2.05) is 56.0 Å². The van der Waals surface area contributed by atoms with Crippen molar-refractivity contribution in [3.63, 3.8) is 0 Å². The van der Waals surface area contributed by atoms with E-state index in [2.05, 4.69) is 10.4 Å². The van der Waals surface area contributed by atoms with E-state index in [1.54, 1.807) is 0 Å². The molecule has 0 spiro atoms. The van der Waals surface area contributed by atoms with Gasteiger partial charge in [-0.1, -0.05) is 6.07 Å². The highest BCUT2D eigenvalue weighted by atomic mass is 16.5. The third kappa shape index (κ3) is 3.66. The van der Waals surface area contributed by atoms with Gasteiger partial charge in [0.15, 0.2) is 0 Å². The summed E-state index contributed by atoms with van der Waals surface area (Å²) in [5.74, 6) is 0.722. The summed E-state index contributed by atoms with van der Waals surface area (Å²) >= 11 is 0. The second-order valence-corrected chi connectivity index (χ2v) is 5.09. The van der Waals surface area contributed by atoms with Crippen LogP contribution in [0.15, 0.2) is 30.6 Å². The maximum atomic E-state index is 6.11. The third-order valence-electron chi connectivity index (χ3n) is 2.85. The zero-order valence-corrected chi connectivity index (χ0v) is 12.3. The first-order valence-electron chi connectivity index (χ1n) is 6.84. The fraction of sp³-hybridized carbons (Fsp3) is 0.400. The average molecular weight is 274 g/mol. The Morgan fingerprint density at radius 3 is 2.85 bits per heavy atom. The van der Waals surface area contributed by atoms with Gasteiger partial charge in [-0.3, -0.25) is 4.68 Å². The summed E-state index contributed by atoms with van der Waals surface area (Å²) in [5, 5.41) is 7.57. The zero-order chi connectivity index (χ0) is 14.5. The Labute approximate surface area is 119 Å². The van der Waals surface area contributed by atoms with Crippen molar-refractivity contribution in [1.29, 1.82) is 0 Å². The van der Waals surface area contributed by atoms with Crippen molar-refractivity contribution in [3.05, 3.63) is 36.2 Å². The van der Waals surface area contributed by atoms with Crippen LogP contribution in [-0.2, 0) is 6.54 Å². The van der Waals surface area contributed by atoms with Crippen molar-refractivity contribution in [2.75, 3.05) is 17.6 Å². The van der Waals surface area contributed by atoms with E-state index < -0.39 is 0 Å². The van der Waals surface area contributed by atoms with Crippen molar-refractivity contribution in [1.82, 2.24) is 9.78 Å². The van der Waals surface area contributed by atoms with Gasteiger partial charge in [-0.25, -0.2) is 0 Å². The van der Waals surface area contributed by atoms with Crippen molar-refractivity contribution < 1.29 is 4.74 Å². The predicted molar refractivity (Wildman–Crippen MR) is 82.1 cm³/mol. The smallest absolute Gasteiger partial charge is 0.144 e. The van der Waals surface area contributed by atoms with Gasteiger partial charge < -0.3 is 15.8 Å². The van der Waals surface area contributed by atoms with Crippen LogP contribution >= 0.6 is 0 Å². The predicted octanol–water partition coefficient (Wildman–Crippen LogP) is 2.67. The van der Waals surface area contributed by atoms with Crippen molar-refractivity contribution in [2.45, 2.75) is 33.4 Å². The molecule has 0 saturated carbocycles.